The van der Waals surface area contributed by atoms with Gasteiger partial charge in [0.1, 0.15) is 11.9 Å². The Balaban J connectivity index is 1.76. The molecule has 8 heteroatoms. The summed E-state index contributed by atoms with van der Waals surface area (Å²) < 4.78 is 18.1. The summed E-state index contributed by atoms with van der Waals surface area (Å²) in [6.45, 7) is 2.52. The van der Waals surface area contributed by atoms with Crippen LogP contribution in [0.25, 0.3) is 0 Å². The first-order chi connectivity index (χ1) is 11.9. The van der Waals surface area contributed by atoms with Crippen molar-refractivity contribution in [3.05, 3.63) is 35.1 Å². The Hall–Kier alpha value is -2.64. The quantitative estimate of drug-likeness (QED) is 0.781. The van der Waals surface area contributed by atoms with Crippen molar-refractivity contribution in [2.45, 2.75) is 25.8 Å². The highest BCUT2D eigenvalue weighted by molar-refractivity contribution is 5.94. The monoisotopic (exact) mass is 351 g/mol. The lowest BCUT2D eigenvalue weighted by Crippen LogP contribution is -2.47. The Kier molecular flexibility index (Phi) is 6.32. The summed E-state index contributed by atoms with van der Waals surface area (Å²) >= 11 is 0. The van der Waals surface area contributed by atoms with Gasteiger partial charge in [-0.25, -0.2) is 9.18 Å². The standard InChI is InChI=1S/C17H22FN3O4/c1-11-5-6-12(10-13(11)18)15(22)19-7-8-20-16(23)14-4-3-9-21(14)17(24)25-2/h5-6,10,14H,3-4,7-9H2,1-2H3,(H,19,22)(H,20,23)/t14-/m0/s1. The molecule has 0 saturated carbocycles. The molecule has 0 aromatic heterocycles. The Labute approximate surface area is 145 Å². The molecule has 2 rings (SSSR count). The summed E-state index contributed by atoms with van der Waals surface area (Å²) in [5, 5.41) is 5.29. The molecule has 1 atom stereocenters. The molecule has 1 aromatic carbocycles. The van der Waals surface area contributed by atoms with Crippen LogP contribution in [0.5, 0.6) is 0 Å². The Morgan fingerprint density at radius 1 is 1.28 bits per heavy atom. The summed E-state index contributed by atoms with van der Waals surface area (Å²) in [7, 11) is 1.28. The third-order valence-electron chi connectivity index (χ3n) is 4.11. The summed E-state index contributed by atoms with van der Waals surface area (Å²) in [5.41, 5.74) is 0.692. The van der Waals surface area contributed by atoms with Crippen molar-refractivity contribution in [1.29, 1.82) is 0 Å². The zero-order valence-corrected chi connectivity index (χ0v) is 14.3. The first-order valence-corrected chi connectivity index (χ1v) is 8.10. The molecule has 0 unspecified atom stereocenters. The van der Waals surface area contributed by atoms with E-state index >= 15 is 0 Å². The molecule has 2 N–H and O–H groups in total. The SMILES string of the molecule is COC(=O)N1CCC[C@H]1C(=O)NCCNC(=O)c1ccc(C)c(F)c1. The van der Waals surface area contributed by atoms with Crippen molar-refractivity contribution in [2.75, 3.05) is 26.7 Å². The second-order valence-corrected chi connectivity index (χ2v) is 5.83. The molecule has 25 heavy (non-hydrogen) atoms. The fraction of sp³-hybridized carbons (Fsp3) is 0.471. The van der Waals surface area contributed by atoms with E-state index in [-0.39, 0.29) is 24.6 Å². The molecule has 0 aliphatic carbocycles. The number of halogens is 1. The smallest absolute Gasteiger partial charge is 0.410 e. The maximum absolute atomic E-state index is 13.5. The Morgan fingerprint density at radius 3 is 2.68 bits per heavy atom. The van der Waals surface area contributed by atoms with E-state index in [1.54, 1.807) is 13.0 Å². The number of likely N-dealkylation sites (tertiary alicyclic amines) is 1. The molecule has 1 aliphatic rings. The van der Waals surface area contributed by atoms with Crippen LogP contribution in [-0.2, 0) is 9.53 Å². The average Bonchev–Trinajstić information content (AvgIpc) is 3.09. The number of hydrogen-bond donors (Lipinski definition) is 2. The van der Waals surface area contributed by atoms with E-state index in [1.807, 2.05) is 0 Å². The molecule has 1 fully saturated rings. The van der Waals surface area contributed by atoms with Crippen molar-refractivity contribution in [2.24, 2.45) is 0 Å². The third kappa shape index (κ3) is 4.68. The minimum atomic E-state index is -0.547. The number of methoxy groups -OCH3 is 1. The van der Waals surface area contributed by atoms with Crippen LogP contribution in [0.4, 0.5) is 9.18 Å². The van der Waals surface area contributed by atoms with Gasteiger partial charge >= 0.3 is 6.09 Å². The van der Waals surface area contributed by atoms with Crippen LogP contribution in [0.1, 0.15) is 28.8 Å². The van der Waals surface area contributed by atoms with Gasteiger partial charge in [-0.1, -0.05) is 6.07 Å². The van der Waals surface area contributed by atoms with Gasteiger partial charge < -0.3 is 15.4 Å². The number of benzene rings is 1. The number of carbonyl (C=O) groups excluding carboxylic acids is 3. The lowest BCUT2D eigenvalue weighted by Gasteiger charge is -2.22. The number of amides is 3. The van der Waals surface area contributed by atoms with Crippen LogP contribution in [0.15, 0.2) is 18.2 Å². The third-order valence-corrected chi connectivity index (χ3v) is 4.11. The predicted molar refractivity (Wildman–Crippen MR) is 88.6 cm³/mol. The molecule has 3 amide bonds. The van der Waals surface area contributed by atoms with Gasteiger partial charge in [-0.3, -0.25) is 14.5 Å². The zero-order chi connectivity index (χ0) is 18.4. The van der Waals surface area contributed by atoms with E-state index in [2.05, 4.69) is 15.4 Å². The number of ether oxygens (including phenoxy) is 1. The van der Waals surface area contributed by atoms with Crippen molar-refractivity contribution in [3.63, 3.8) is 0 Å². The van der Waals surface area contributed by atoms with Crippen LogP contribution in [0.2, 0.25) is 0 Å². The number of hydrogen-bond acceptors (Lipinski definition) is 4. The molecular weight excluding hydrogens is 329 g/mol. The van der Waals surface area contributed by atoms with Gasteiger partial charge in [0.25, 0.3) is 5.91 Å². The van der Waals surface area contributed by atoms with Crippen molar-refractivity contribution < 1.29 is 23.5 Å². The molecular formula is C17H22FN3O4. The lowest BCUT2D eigenvalue weighted by molar-refractivity contribution is -0.125. The van der Waals surface area contributed by atoms with Crippen LogP contribution in [0, 0.1) is 12.7 Å². The van der Waals surface area contributed by atoms with E-state index in [0.717, 1.165) is 6.42 Å². The van der Waals surface area contributed by atoms with Crippen molar-refractivity contribution in [3.8, 4) is 0 Å². The molecule has 7 nitrogen and oxygen atoms in total. The number of nitrogens with one attached hydrogen (secondary N) is 2. The minimum absolute atomic E-state index is 0.199. The maximum atomic E-state index is 13.5. The number of nitrogens with zero attached hydrogens (tertiary/aromatic N) is 1. The fourth-order valence-corrected chi connectivity index (χ4v) is 2.69. The Bertz CT molecular complexity index is 665. The molecule has 1 aliphatic heterocycles. The van der Waals surface area contributed by atoms with Crippen LogP contribution < -0.4 is 10.6 Å². The maximum Gasteiger partial charge on any atom is 0.410 e. The number of carbonyl (C=O) groups is 3. The van der Waals surface area contributed by atoms with E-state index in [9.17, 15) is 18.8 Å². The molecule has 1 heterocycles. The van der Waals surface area contributed by atoms with Gasteiger partial charge in [0, 0.05) is 25.2 Å². The highest BCUT2D eigenvalue weighted by Gasteiger charge is 2.34. The van der Waals surface area contributed by atoms with Crippen LogP contribution in [0.3, 0.4) is 0 Å². The van der Waals surface area contributed by atoms with Crippen molar-refractivity contribution in [1.82, 2.24) is 15.5 Å². The second-order valence-electron chi connectivity index (χ2n) is 5.83. The number of aryl methyl sites for hydroxylation is 1. The zero-order valence-electron chi connectivity index (χ0n) is 14.3. The average molecular weight is 351 g/mol. The van der Waals surface area contributed by atoms with Gasteiger partial charge in [-0.2, -0.15) is 0 Å². The summed E-state index contributed by atoms with van der Waals surface area (Å²) in [6.07, 6.45) is 0.797. The Morgan fingerprint density at radius 2 is 2.00 bits per heavy atom. The molecule has 0 spiro atoms. The minimum Gasteiger partial charge on any atom is -0.453 e. The van der Waals surface area contributed by atoms with Gasteiger partial charge in [0.15, 0.2) is 0 Å². The first-order valence-electron chi connectivity index (χ1n) is 8.10. The molecule has 0 bridgehead atoms. The summed E-state index contributed by atoms with van der Waals surface area (Å²) in [4.78, 5) is 37.1. The van der Waals surface area contributed by atoms with Gasteiger partial charge in [-0.05, 0) is 37.5 Å². The fourth-order valence-electron chi connectivity index (χ4n) is 2.69. The highest BCUT2D eigenvalue weighted by atomic mass is 19.1. The van der Waals surface area contributed by atoms with Gasteiger partial charge in [-0.15, -0.1) is 0 Å². The molecule has 1 saturated heterocycles. The topological polar surface area (TPSA) is 87.7 Å². The van der Waals surface area contributed by atoms with Crippen LogP contribution >= 0.6 is 0 Å². The van der Waals surface area contributed by atoms with E-state index in [0.29, 0.717) is 18.5 Å². The largest absolute Gasteiger partial charge is 0.453 e. The van der Waals surface area contributed by atoms with Crippen molar-refractivity contribution >= 4 is 17.9 Å². The van der Waals surface area contributed by atoms with E-state index in [4.69, 9.17) is 0 Å². The van der Waals surface area contributed by atoms with Gasteiger partial charge in [0.05, 0.1) is 7.11 Å². The highest BCUT2D eigenvalue weighted by Crippen LogP contribution is 2.18. The van der Waals surface area contributed by atoms with Gasteiger partial charge in [0.2, 0.25) is 5.91 Å². The normalized spacial score (nSPS) is 16.4. The predicted octanol–water partition coefficient (Wildman–Crippen LogP) is 1.21. The van der Waals surface area contributed by atoms with Crippen LogP contribution in [-0.4, -0.2) is 55.6 Å². The van der Waals surface area contributed by atoms with E-state index in [1.165, 1.54) is 24.1 Å². The molecule has 136 valence electrons. The van der Waals surface area contributed by atoms with E-state index < -0.39 is 23.9 Å². The lowest BCUT2D eigenvalue weighted by atomic mass is 10.1. The molecule has 1 aromatic rings. The summed E-state index contributed by atoms with van der Waals surface area (Å²) in [6, 6.07) is 3.71. The number of rotatable bonds is 5. The summed E-state index contributed by atoms with van der Waals surface area (Å²) in [5.74, 6) is -1.13. The first kappa shape index (κ1) is 18.7. The molecule has 0 radical (unpaired) electrons. The second kappa shape index (κ2) is 8.46.